The summed E-state index contributed by atoms with van der Waals surface area (Å²) in [4.78, 5) is 13.5. The molecular formula is C14H18ClNO2. The summed E-state index contributed by atoms with van der Waals surface area (Å²) in [5.74, 6) is -0.683. The predicted octanol–water partition coefficient (Wildman–Crippen LogP) is 3.20. The zero-order valence-corrected chi connectivity index (χ0v) is 11.4. The van der Waals surface area contributed by atoms with E-state index >= 15 is 0 Å². The molecule has 1 aliphatic heterocycles. The van der Waals surface area contributed by atoms with Gasteiger partial charge in [-0.15, -0.1) is 0 Å². The van der Waals surface area contributed by atoms with Crippen molar-refractivity contribution in [3.63, 3.8) is 0 Å². The molecule has 98 valence electrons. The second kappa shape index (κ2) is 5.19. The number of halogens is 1. The fourth-order valence-electron chi connectivity index (χ4n) is 2.66. The van der Waals surface area contributed by atoms with Crippen LogP contribution < -0.4 is 4.90 Å². The van der Waals surface area contributed by atoms with Crippen molar-refractivity contribution >= 4 is 23.3 Å². The summed E-state index contributed by atoms with van der Waals surface area (Å²) in [6.07, 6.45) is 1.95. The minimum Gasteiger partial charge on any atom is -0.480 e. The van der Waals surface area contributed by atoms with Crippen LogP contribution in [0.4, 0.5) is 5.69 Å². The fraction of sp³-hybridized carbons (Fsp3) is 0.500. The van der Waals surface area contributed by atoms with Crippen molar-refractivity contribution in [3.8, 4) is 0 Å². The summed E-state index contributed by atoms with van der Waals surface area (Å²) in [5.41, 5.74) is 2.17. The highest BCUT2D eigenvalue weighted by Crippen LogP contribution is 2.32. The topological polar surface area (TPSA) is 40.5 Å². The first-order valence-electron chi connectivity index (χ1n) is 6.28. The Balaban J connectivity index is 2.40. The molecule has 0 amide bonds. The van der Waals surface area contributed by atoms with Gasteiger partial charge >= 0.3 is 5.97 Å². The van der Waals surface area contributed by atoms with Gasteiger partial charge in [0.15, 0.2) is 0 Å². The van der Waals surface area contributed by atoms with Crippen LogP contribution in [-0.4, -0.2) is 23.7 Å². The summed E-state index contributed by atoms with van der Waals surface area (Å²) < 4.78 is 0. The highest BCUT2D eigenvalue weighted by molar-refractivity contribution is 6.30. The number of benzene rings is 1. The standard InChI is InChI=1S/C14H18ClNO2/c1-9(2)13(14(17)18)16-7-3-4-10-8-11(15)5-6-12(10)16/h5-6,8-9,13H,3-4,7H2,1-2H3,(H,17,18). The maximum absolute atomic E-state index is 11.4. The summed E-state index contributed by atoms with van der Waals surface area (Å²) in [6, 6.07) is 5.25. The minimum atomic E-state index is -0.757. The van der Waals surface area contributed by atoms with Crippen LogP contribution in [0.2, 0.25) is 5.02 Å². The first-order chi connectivity index (χ1) is 8.50. The fourth-order valence-corrected chi connectivity index (χ4v) is 2.86. The summed E-state index contributed by atoms with van der Waals surface area (Å²) in [7, 11) is 0. The molecule has 1 aromatic rings. The van der Waals surface area contributed by atoms with Crippen LogP contribution in [0.15, 0.2) is 18.2 Å². The van der Waals surface area contributed by atoms with Gasteiger partial charge in [0, 0.05) is 17.3 Å². The SMILES string of the molecule is CC(C)C(C(=O)O)N1CCCc2cc(Cl)ccc21. The van der Waals surface area contributed by atoms with Gasteiger partial charge in [0.1, 0.15) is 6.04 Å². The Bertz CT molecular complexity index is 459. The smallest absolute Gasteiger partial charge is 0.326 e. The average molecular weight is 268 g/mol. The van der Waals surface area contributed by atoms with Gasteiger partial charge in [-0.05, 0) is 42.5 Å². The van der Waals surface area contributed by atoms with E-state index < -0.39 is 12.0 Å². The Morgan fingerprint density at radius 2 is 2.17 bits per heavy atom. The van der Waals surface area contributed by atoms with Gasteiger partial charge in [0.2, 0.25) is 0 Å². The molecule has 1 heterocycles. The summed E-state index contributed by atoms with van der Waals surface area (Å²) in [5, 5.41) is 10.1. The predicted molar refractivity (Wildman–Crippen MR) is 73.4 cm³/mol. The van der Waals surface area contributed by atoms with Gasteiger partial charge in [0.05, 0.1) is 0 Å². The monoisotopic (exact) mass is 267 g/mol. The molecule has 0 spiro atoms. The van der Waals surface area contributed by atoms with E-state index in [0.29, 0.717) is 5.02 Å². The molecule has 18 heavy (non-hydrogen) atoms. The lowest BCUT2D eigenvalue weighted by molar-refractivity contribution is -0.139. The molecular weight excluding hydrogens is 250 g/mol. The molecule has 1 N–H and O–H groups in total. The third kappa shape index (κ3) is 2.46. The van der Waals surface area contributed by atoms with Crippen LogP contribution in [0, 0.1) is 5.92 Å². The van der Waals surface area contributed by atoms with Crippen LogP contribution in [0.5, 0.6) is 0 Å². The Kier molecular flexibility index (Phi) is 3.81. The maximum Gasteiger partial charge on any atom is 0.326 e. The lowest BCUT2D eigenvalue weighted by Gasteiger charge is -2.37. The number of carboxylic acid groups (broad SMARTS) is 1. The number of carbonyl (C=O) groups is 1. The minimum absolute atomic E-state index is 0.0733. The maximum atomic E-state index is 11.4. The zero-order chi connectivity index (χ0) is 13.3. The normalized spacial score (nSPS) is 16.6. The van der Waals surface area contributed by atoms with Crippen LogP contribution in [0.25, 0.3) is 0 Å². The van der Waals surface area contributed by atoms with Crippen molar-refractivity contribution < 1.29 is 9.90 Å². The number of fused-ring (bicyclic) bond motifs is 1. The summed E-state index contributed by atoms with van der Waals surface area (Å²) in [6.45, 7) is 4.69. The molecule has 2 rings (SSSR count). The van der Waals surface area contributed by atoms with Gasteiger partial charge in [-0.2, -0.15) is 0 Å². The molecule has 0 radical (unpaired) electrons. The highest BCUT2D eigenvalue weighted by Gasteiger charge is 2.31. The number of anilines is 1. The first kappa shape index (κ1) is 13.2. The van der Waals surface area contributed by atoms with Crippen molar-refractivity contribution in [2.75, 3.05) is 11.4 Å². The van der Waals surface area contributed by atoms with Crippen molar-refractivity contribution in [2.24, 2.45) is 5.92 Å². The highest BCUT2D eigenvalue weighted by atomic mass is 35.5. The summed E-state index contributed by atoms with van der Waals surface area (Å²) >= 11 is 5.99. The van der Waals surface area contributed by atoms with E-state index in [9.17, 15) is 9.90 Å². The average Bonchev–Trinajstić information content (AvgIpc) is 2.27. The number of carboxylic acids is 1. The van der Waals surface area contributed by atoms with Gasteiger partial charge < -0.3 is 10.0 Å². The van der Waals surface area contributed by atoms with E-state index in [4.69, 9.17) is 11.6 Å². The largest absolute Gasteiger partial charge is 0.480 e. The molecule has 1 aromatic carbocycles. The van der Waals surface area contributed by atoms with Gasteiger partial charge in [-0.1, -0.05) is 25.4 Å². The Labute approximate surface area is 112 Å². The van der Waals surface area contributed by atoms with Gasteiger partial charge in [-0.3, -0.25) is 0 Å². The Morgan fingerprint density at radius 3 is 2.78 bits per heavy atom. The molecule has 3 nitrogen and oxygen atoms in total. The van der Waals surface area contributed by atoms with Crippen molar-refractivity contribution in [3.05, 3.63) is 28.8 Å². The van der Waals surface area contributed by atoms with E-state index in [1.165, 1.54) is 0 Å². The zero-order valence-electron chi connectivity index (χ0n) is 10.7. The molecule has 0 saturated heterocycles. The van der Waals surface area contributed by atoms with E-state index in [0.717, 1.165) is 30.6 Å². The van der Waals surface area contributed by atoms with Crippen molar-refractivity contribution in [2.45, 2.75) is 32.7 Å². The molecule has 0 bridgehead atoms. The number of aryl methyl sites for hydroxylation is 1. The van der Waals surface area contributed by atoms with Gasteiger partial charge in [-0.25, -0.2) is 4.79 Å². The number of rotatable bonds is 3. The van der Waals surface area contributed by atoms with Crippen LogP contribution in [0.1, 0.15) is 25.8 Å². The van der Waals surface area contributed by atoms with Crippen LogP contribution in [0.3, 0.4) is 0 Å². The third-order valence-electron chi connectivity index (χ3n) is 3.42. The Morgan fingerprint density at radius 1 is 1.44 bits per heavy atom. The number of hydrogen-bond donors (Lipinski definition) is 1. The van der Waals surface area contributed by atoms with E-state index in [1.807, 2.05) is 36.9 Å². The van der Waals surface area contributed by atoms with E-state index in [2.05, 4.69) is 0 Å². The van der Waals surface area contributed by atoms with Crippen LogP contribution >= 0.6 is 11.6 Å². The third-order valence-corrected chi connectivity index (χ3v) is 3.65. The Hall–Kier alpha value is -1.22. The molecule has 4 heteroatoms. The second-order valence-corrected chi connectivity index (χ2v) is 5.53. The van der Waals surface area contributed by atoms with E-state index in [1.54, 1.807) is 0 Å². The second-order valence-electron chi connectivity index (χ2n) is 5.10. The van der Waals surface area contributed by atoms with Crippen molar-refractivity contribution in [1.82, 2.24) is 0 Å². The molecule has 0 fully saturated rings. The molecule has 0 aliphatic carbocycles. The first-order valence-corrected chi connectivity index (χ1v) is 6.66. The number of aliphatic carboxylic acids is 1. The van der Waals surface area contributed by atoms with Crippen LogP contribution in [-0.2, 0) is 11.2 Å². The quantitative estimate of drug-likeness (QED) is 0.914. The molecule has 0 saturated carbocycles. The lowest BCUT2D eigenvalue weighted by Crippen LogP contribution is -2.47. The molecule has 1 atom stereocenters. The molecule has 0 aromatic heterocycles. The number of hydrogen-bond acceptors (Lipinski definition) is 2. The molecule has 1 aliphatic rings. The number of nitrogens with zero attached hydrogens (tertiary/aromatic N) is 1. The lowest BCUT2D eigenvalue weighted by atomic mass is 9.95. The van der Waals surface area contributed by atoms with Gasteiger partial charge in [0.25, 0.3) is 0 Å². The molecule has 1 unspecified atom stereocenters. The van der Waals surface area contributed by atoms with Crippen molar-refractivity contribution in [1.29, 1.82) is 0 Å². The van der Waals surface area contributed by atoms with E-state index in [-0.39, 0.29) is 5.92 Å².